The average molecular weight is 215 g/mol. The van der Waals surface area contributed by atoms with Crippen LogP contribution in [0.5, 0.6) is 0 Å². The first-order valence-corrected chi connectivity index (χ1v) is 4.81. The minimum Gasteiger partial charge on any atom is -0.332 e. The fourth-order valence-corrected chi connectivity index (χ4v) is 1.64. The van der Waals surface area contributed by atoms with Gasteiger partial charge in [-0.2, -0.15) is 0 Å². The van der Waals surface area contributed by atoms with Crippen LogP contribution in [0.25, 0.3) is 0 Å². The Balaban J connectivity index is 3.08. The van der Waals surface area contributed by atoms with E-state index < -0.39 is 0 Å². The normalized spacial score (nSPS) is 11.0. The number of Topliss-reactive ketones (excluding diaryl/α,β-unsaturated/α-hetero) is 1. The molecule has 0 unspecified atom stereocenters. The van der Waals surface area contributed by atoms with Crippen LogP contribution in [0, 0.1) is 0 Å². The molecular formula is C10H15ClN2O. The molecule has 78 valence electrons. The summed E-state index contributed by atoms with van der Waals surface area (Å²) in [4.78, 5) is 13.2. The van der Waals surface area contributed by atoms with Crippen molar-refractivity contribution in [1.82, 2.24) is 9.47 Å². The number of nitrogens with zero attached hydrogens (tertiary/aromatic N) is 2. The molecule has 0 atom stereocenters. The van der Waals surface area contributed by atoms with Crippen molar-refractivity contribution < 1.29 is 4.79 Å². The number of halogens is 1. The topological polar surface area (TPSA) is 25.2 Å². The lowest BCUT2D eigenvalue weighted by molar-refractivity contribution is 0.101. The molecule has 1 aromatic rings. The molecule has 0 spiro atoms. The van der Waals surface area contributed by atoms with Crippen LogP contribution in [-0.2, 0) is 13.6 Å². The molecule has 0 fully saturated rings. The molecule has 1 rings (SSSR count). The fourth-order valence-electron chi connectivity index (χ4n) is 1.43. The standard InChI is InChI=1S/C10H15ClN2O/c1-7(14)9-5-8(6-12(2)3)10(11)13(9)4/h5H,6H2,1-4H3. The molecule has 0 bridgehead atoms. The van der Waals surface area contributed by atoms with Crippen molar-refractivity contribution in [2.75, 3.05) is 14.1 Å². The SMILES string of the molecule is CC(=O)c1cc(CN(C)C)c(Cl)n1C. The van der Waals surface area contributed by atoms with E-state index in [2.05, 4.69) is 0 Å². The van der Waals surface area contributed by atoms with Crippen LogP contribution in [0.15, 0.2) is 6.07 Å². The van der Waals surface area contributed by atoms with Gasteiger partial charge in [-0.1, -0.05) is 11.6 Å². The largest absolute Gasteiger partial charge is 0.332 e. The van der Waals surface area contributed by atoms with E-state index >= 15 is 0 Å². The van der Waals surface area contributed by atoms with Crippen LogP contribution < -0.4 is 0 Å². The van der Waals surface area contributed by atoms with Crippen LogP contribution >= 0.6 is 11.6 Å². The van der Waals surface area contributed by atoms with Crippen LogP contribution in [-0.4, -0.2) is 29.3 Å². The lowest BCUT2D eigenvalue weighted by Crippen LogP contribution is -2.10. The maximum atomic E-state index is 11.2. The molecule has 0 amide bonds. The zero-order valence-corrected chi connectivity index (χ0v) is 9.72. The molecule has 0 aliphatic rings. The van der Waals surface area contributed by atoms with Crippen molar-refractivity contribution in [3.05, 3.63) is 22.5 Å². The summed E-state index contributed by atoms with van der Waals surface area (Å²) < 4.78 is 1.72. The Kier molecular flexibility index (Phi) is 3.34. The molecule has 3 nitrogen and oxygen atoms in total. The van der Waals surface area contributed by atoms with Crippen molar-refractivity contribution in [3.63, 3.8) is 0 Å². The van der Waals surface area contributed by atoms with Crippen molar-refractivity contribution in [1.29, 1.82) is 0 Å². The van der Waals surface area contributed by atoms with E-state index in [-0.39, 0.29) is 5.78 Å². The van der Waals surface area contributed by atoms with Crippen LogP contribution in [0.2, 0.25) is 5.15 Å². The molecule has 0 N–H and O–H groups in total. The van der Waals surface area contributed by atoms with E-state index in [9.17, 15) is 4.79 Å². The Morgan fingerprint density at radius 2 is 2.14 bits per heavy atom. The van der Waals surface area contributed by atoms with Gasteiger partial charge in [0, 0.05) is 26.1 Å². The number of hydrogen-bond acceptors (Lipinski definition) is 2. The average Bonchev–Trinajstić information content (AvgIpc) is 2.32. The summed E-state index contributed by atoms with van der Waals surface area (Å²) in [6.07, 6.45) is 0. The zero-order valence-electron chi connectivity index (χ0n) is 8.97. The van der Waals surface area contributed by atoms with E-state index in [4.69, 9.17) is 11.6 Å². The number of rotatable bonds is 3. The summed E-state index contributed by atoms with van der Waals surface area (Å²) in [5.74, 6) is 0.0411. The third kappa shape index (κ3) is 2.16. The fraction of sp³-hybridized carbons (Fsp3) is 0.500. The van der Waals surface area contributed by atoms with Crippen molar-refractivity contribution in [3.8, 4) is 0 Å². The third-order valence-electron chi connectivity index (χ3n) is 2.08. The molecule has 1 aromatic heterocycles. The monoisotopic (exact) mass is 214 g/mol. The molecule has 0 aromatic carbocycles. The Bertz CT molecular complexity index is 355. The van der Waals surface area contributed by atoms with Crippen LogP contribution in [0.1, 0.15) is 23.0 Å². The molecule has 0 radical (unpaired) electrons. The lowest BCUT2D eigenvalue weighted by Gasteiger charge is -2.07. The molecule has 0 saturated carbocycles. The van der Waals surface area contributed by atoms with E-state index in [0.29, 0.717) is 10.8 Å². The smallest absolute Gasteiger partial charge is 0.176 e. The second-order valence-electron chi connectivity index (χ2n) is 3.70. The quantitative estimate of drug-likeness (QED) is 0.719. The van der Waals surface area contributed by atoms with Gasteiger partial charge in [-0.15, -0.1) is 0 Å². The summed E-state index contributed by atoms with van der Waals surface area (Å²) in [5, 5.41) is 0.643. The highest BCUT2D eigenvalue weighted by molar-refractivity contribution is 6.30. The van der Waals surface area contributed by atoms with Gasteiger partial charge in [-0.3, -0.25) is 4.79 Å². The van der Waals surface area contributed by atoms with E-state index in [1.165, 1.54) is 0 Å². The molecule has 0 aliphatic carbocycles. The molecule has 0 aliphatic heterocycles. The Hall–Kier alpha value is -0.800. The number of hydrogen-bond donors (Lipinski definition) is 0. The number of carbonyl (C=O) groups excluding carboxylic acids is 1. The predicted molar refractivity (Wildman–Crippen MR) is 57.8 cm³/mol. The van der Waals surface area contributed by atoms with Gasteiger partial charge >= 0.3 is 0 Å². The summed E-state index contributed by atoms with van der Waals surface area (Å²) in [6, 6.07) is 1.85. The maximum absolute atomic E-state index is 11.2. The Labute approximate surface area is 89.3 Å². The van der Waals surface area contributed by atoms with Gasteiger partial charge in [-0.25, -0.2) is 0 Å². The molecular weight excluding hydrogens is 200 g/mol. The van der Waals surface area contributed by atoms with Gasteiger partial charge in [0.25, 0.3) is 0 Å². The maximum Gasteiger partial charge on any atom is 0.176 e. The van der Waals surface area contributed by atoms with E-state index in [1.54, 1.807) is 18.5 Å². The van der Waals surface area contributed by atoms with Crippen molar-refractivity contribution in [2.24, 2.45) is 7.05 Å². The van der Waals surface area contributed by atoms with E-state index in [0.717, 1.165) is 12.1 Å². The van der Waals surface area contributed by atoms with Gasteiger partial charge in [0.05, 0.1) is 5.69 Å². The van der Waals surface area contributed by atoms with Gasteiger partial charge in [0.15, 0.2) is 5.78 Å². The summed E-state index contributed by atoms with van der Waals surface area (Å²) in [6.45, 7) is 2.30. The molecule has 14 heavy (non-hydrogen) atoms. The summed E-state index contributed by atoms with van der Waals surface area (Å²) in [7, 11) is 5.74. The van der Waals surface area contributed by atoms with Gasteiger partial charge in [-0.05, 0) is 20.2 Å². The summed E-state index contributed by atoms with van der Waals surface area (Å²) in [5.41, 5.74) is 1.65. The highest BCUT2D eigenvalue weighted by Gasteiger charge is 2.13. The first-order valence-electron chi connectivity index (χ1n) is 4.43. The van der Waals surface area contributed by atoms with Gasteiger partial charge in [0.2, 0.25) is 0 Å². The Morgan fingerprint density at radius 3 is 2.50 bits per heavy atom. The predicted octanol–water partition coefficient (Wildman–Crippen LogP) is 1.94. The van der Waals surface area contributed by atoms with E-state index in [1.807, 2.05) is 25.1 Å². The first-order chi connectivity index (χ1) is 6.43. The first kappa shape index (κ1) is 11.3. The van der Waals surface area contributed by atoms with Gasteiger partial charge in [0.1, 0.15) is 5.15 Å². The van der Waals surface area contributed by atoms with Crippen molar-refractivity contribution in [2.45, 2.75) is 13.5 Å². The highest BCUT2D eigenvalue weighted by atomic mass is 35.5. The molecule has 0 saturated heterocycles. The third-order valence-corrected chi connectivity index (χ3v) is 2.58. The minimum atomic E-state index is 0.0411. The number of ketones is 1. The molecule has 1 heterocycles. The van der Waals surface area contributed by atoms with Gasteiger partial charge < -0.3 is 9.47 Å². The minimum absolute atomic E-state index is 0.0411. The van der Waals surface area contributed by atoms with Crippen molar-refractivity contribution >= 4 is 17.4 Å². The summed E-state index contributed by atoms with van der Waals surface area (Å²) >= 11 is 6.09. The zero-order chi connectivity index (χ0) is 10.9. The van der Waals surface area contributed by atoms with Crippen LogP contribution in [0.4, 0.5) is 0 Å². The Morgan fingerprint density at radius 1 is 1.57 bits per heavy atom. The second-order valence-corrected chi connectivity index (χ2v) is 4.06. The highest BCUT2D eigenvalue weighted by Crippen LogP contribution is 2.21. The number of aromatic nitrogens is 1. The lowest BCUT2D eigenvalue weighted by atomic mass is 10.2. The van der Waals surface area contributed by atoms with Crippen LogP contribution in [0.3, 0.4) is 0 Å². The second kappa shape index (κ2) is 4.15. The number of carbonyl (C=O) groups is 1. The molecule has 4 heteroatoms.